The molecule has 1 aromatic rings. The number of aliphatic hydroxyl groups is 2. The number of hydrogen-bond acceptors (Lipinski definition) is 3. The lowest BCUT2D eigenvalue weighted by Crippen LogP contribution is -2.14. The van der Waals surface area contributed by atoms with Crippen LogP contribution in [0.2, 0.25) is 5.02 Å². The Labute approximate surface area is 86.5 Å². The summed E-state index contributed by atoms with van der Waals surface area (Å²) in [5.74, 6) is 0.498. The van der Waals surface area contributed by atoms with E-state index >= 15 is 0 Å². The molecule has 0 spiro atoms. The second-order valence-corrected chi connectivity index (χ2v) is 4.13. The molecule has 13 heavy (non-hydrogen) atoms. The van der Waals surface area contributed by atoms with Crippen molar-refractivity contribution in [2.45, 2.75) is 11.0 Å². The van der Waals surface area contributed by atoms with Gasteiger partial charge in [-0.25, -0.2) is 0 Å². The van der Waals surface area contributed by atoms with E-state index in [2.05, 4.69) is 0 Å². The molecule has 2 nitrogen and oxygen atoms in total. The molecule has 0 aliphatic carbocycles. The predicted molar refractivity (Wildman–Crippen MR) is 55.3 cm³/mol. The van der Waals surface area contributed by atoms with E-state index in [0.717, 1.165) is 4.90 Å². The van der Waals surface area contributed by atoms with Gasteiger partial charge in [-0.05, 0) is 24.3 Å². The van der Waals surface area contributed by atoms with E-state index in [-0.39, 0.29) is 6.61 Å². The summed E-state index contributed by atoms with van der Waals surface area (Å²) in [6, 6.07) is 7.37. The molecule has 0 amide bonds. The van der Waals surface area contributed by atoms with Crippen LogP contribution in [0.25, 0.3) is 0 Å². The number of halogens is 1. The van der Waals surface area contributed by atoms with E-state index in [9.17, 15) is 0 Å². The largest absolute Gasteiger partial charge is 0.394 e. The highest BCUT2D eigenvalue weighted by molar-refractivity contribution is 7.99. The second-order valence-electron chi connectivity index (χ2n) is 2.60. The molecule has 0 bridgehead atoms. The highest BCUT2D eigenvalue weighted by Gasteiger charge is 2.02. The van der Waals surface area contributed by atoms with Crippen molar-refractivity contribution in [1.82, 2.24) is 0 Å². The van der Waals surface area contributed by atoms with Crippen LogP contribution in [-0.2, 0) is 0 Å². The van der Waals surface area contributed by atoms with Gasteiger partial charge >= 0.3 is 0 Å². The highest BCUT2D eigenvalue weighted by atomic mass is 35.5. The maximum Gasteiger partial charge on any atom is 0.0864 e. The summed E-state index contributed by atoms with van der Waals surface area (Å²) >= 11 is 7.20. The minimum absolute atomic E-state index is 0.194. The Balaban J connectivity index is 2.41. The molecule has 0 radical (unpaired) electrons. The number of thioether (sulfide) groups is 1. The Morgan fingerprint density at radius 1 is 1.31 bits per heavy atom. The van der Waals surface area contributed by atoms with Crippen LogP contribution in [0, 0.1) is 0 Å². The van der Waals surface area contributed by atoms with Gasteiger partial charge in [0.1, 0.15) is 0 Å². The summed E-state index contributed by atoms with van der Waals surface area (Å²) < 4.78 is 0. The number of hydrogen-bond donors (Lipinski definition) is 2. The molecule has 1 aromatic carbocycles. The first-order valence-electron chi connectivity index (χ1n) is 3.89. The van der Waals surface area contributed by atoms with Crippen molar-refractivity contribution < 1.29 is 10.2 Å². The molecule has 0 aliphatic rings. The first-order chi connectivity index (χ1) is 6.22. The lowest BCUT2D eigenvalue weighted by molar-refractivity contribution is 0.113. The molecule has 1 rings (SSSR count). The third-order valence-corrected chi connectivity index (χ3v) is 2.88. The number of benzene rings is 1. The molecular weight excluding hydrogens is 208 g/mol. The van der Waals surface area contributed by atoms with Crippen molar-refractivity contribution in [2.24, 2.45) is 0 Å². The van der Waals surface area contributed by atoms with Crippen LogP contribution in [0.4, 0.5) is 0 Å². The third kappa shape index (κ3) is 4.00. The molecule has 0 aromatic heterocycles. The molecule has 4 heteroatoms. The summed E-state index contributed by atoms with van der Waals surface area (Å²) in [5.41, 5.74) is 0. The first-order valence-corrected chi connectivity index (χ1v) is 5.26. The van der Waals surface area contributed by atoms with Crippen molar-refractivity contribution in [3.8, 4) is 0 Å². The van der Waals surface area contributed by atoms with Crippen molar-refractivity contribution in [1.29, 1.82) is 0 Å². The maximum atomic E-state index is 9.08. The molecule has 2 N–H and O–H groups in total. The zero-order chi connectivity index (χ0) is 9.68. The standard InChI is InChI=1S/C9H11ClO2S/c10-7-1-3-9(4-2-7)13-6-8(12)5-11/h1-4,8,11-12H,5-6H2. The van der Waals surface area contributed by atoms with Gasteiger partial charge in [-0.2, -0.15) is 0 Å². The second kappa shape index (κ2) is 5.50. The van der Waals surface area contributed by atoms with Gasteiger partial charge in [-0.15, -0.1) is 11.8 Å². The maximum absolute atomic E-state index is 9.08. The fourth-order valence-electron chi connectivity index (χ4n) is 0.776. The Hall–Kier alpha value is -0.220. The fraction of sp³-hybridized carbons (Fsp3) is 0.333. The van der Waals surface area contributed by atoms with Crippen LogP contribution >= 0.6 is 23.4 Å². The van der Waals surface area contributed by atoms with E-state index in [1.165, 1.54) is 11.8 Å². The molecule has 0 saturated heterocycles. The minimum atomic E-state index is -0.652. The molecule has 0 heterocycles. The highest BCUT2D eigenvalue weighted by Crippen LogP contribution is 2.20. The lowest BCUT2D eigenvalue weighted by atomic mass is 10.4. The quantitative estimate of drug-likeness (QED) is 0.757. The van der Waals surface area contributed by atoms with Crippen LogP contribution in [-0.4, -0.2) is 28.7 Å². The van der Waals surface area contributed by atoms with Crippen molar-refractivity contribution in [2.75, 3.05) is 12.4 Å². The topological polar surface area (TPSA) is 40.5 Å². The van der Waals surface area contributed by atoms with E-state index in [4.69, 9.17) is 21.8 Å². The Morgan fingerprint density at radius 2 is 1.92 bits per heavy atom. The Bertz CT molecular complexity index is 250. The third-order valence-electron chi connectivity index (χ3n) is 1.47. The number of rotatable bonds is 4. The van der Waals surface area contributed by atoms with Crippen LogP contribution in [0.5, 0.6) is 0 Å². The molecular formula is C9H11ClO2S. The number of aliphatic hydroxyl groups excluding tert-OH is 2. The molecule has 0 saturated carbocycles. The van der Waals surface area contributed by atoms with Crippen molar-refractivity contribution in [3.05, 3.63) is 29.3 Å². The molecule has 1 atom stereocenters. The van der Waals surface area contributed by atoms with E-state index in [0.29, 0.717) is 10.8 Å². The lowest BCUT2D eigenvalue weighted by Gasteiger charge is -2.05. The zero-order valence-electron chi connectivity index (χ0n) is 6.98. The van der Waals surface area contributed by atoms with Crippen LogP contribution in [0.1, 0.15) is 0 Å². The smallest absolute Gasteiger partial charge is 0.0864 e. The van der Waals surface area contributed by atoms with Gasteiger partial charge in [0.25, 0.3) is 0 Å². The monoisotopic (exact) mass is 218 g/mol. The van der Waals surface area contributed by atoms with Crippen molar-refractivity contribution in [3.63, 3.8) is 0 Å². The van der Waals surface area contributed by atoms with E-state index in [1.54, 1.807) is 12.1 Å². The Morgan fingerprint density at radius 3 is 2.46 bits per heavy atom. The predicted octanol–water partition coefficient (Wildman–Crippen LogP) is 1.79. The van der Waals surface area contributed by atoms with E-state index in [1.807, 2.05) is 12.1 Å². The zero-order valence-corrected chi connectivity index (χ0v) is 8.55. The summed E-state index contributed by atoms with van der Waals surface area (Å²) in [6.45, 7) is -0.194. The van der Waals surface area contributed by atoms with E-state index < -0.39 is 6.10 Å². The summed E-state index contributed by atoms with van der Waals surface area (Å²) in [6.07, 6.45) is -0.652. The van der Waals surface area contributed by atoms with Gasteiger partial charge in [0.15, 0.2) is 0 Å². The van der Waals surface area contributed by atoms with Gasteiger partial charge in [0.2, 0.25) is 0 Å². The van der Waals surface area contributed by atoms with Gasteiger partial charge < -0.3 is 10.2 Å². The van der Waals surface area contributed by atoms with Crippen LogP contribution in [0.15, 0.2) is 29.2 Å². The minimum Gasteiger partial charge on any atom is -0.394 e. The normalized spacial score (nSPS) is 12.8. The van der Waals surface area contributed by atoms with Gasteiger partial charge in [-0.3, -0.25) is 0 Å². The molecule has 0 aliphatic heterocycles. The van der Waals surface area contributed by atoms with Crippen LogP contribution in [0.3, 0.4) is 0 Å². The average Bonchev–Trinajstić information content (AvgIpc) is 2.16. The first kappa shape index (κ1) is 10.9. The molecule has 72 valence electrons. The SMILES string of the molecule is OCC(O)CSc1ccc(Cl)cc1. The average molecular weight is 219 g/mol. The summed E-state index contributed by atoms with van der Waals surface area (Å²) in [4.78, 5) is 1.04. The van der Waals surface area contributed by atoms with Crippen LogP contribution < -0.4 is 0 Å². The molecule has 0 fully saturated rings. The fourth-order valence-corrected chi connectivity index (χ4v) is 1.72. The van der Waals surface area contributed by atoms with Crippen molar-refractivity contribution >= 4 is 23.4 Å². The summed E-state index contributed by atoms with van der Waals surface area (Å²) in [5, 5.41) is 18.4. The van der Waals surface area contributed by atoms with Gasteiger partial charge in [0.05, 0.1) is 12.7 Å². The molecule has 1 unspecified atom stereocenters. The summed E-state index contributed by atoms with van der Waals surface area (Å²) in [7, 11) is 0. The van der Waals surface area contributed by atoms with Gasteiger partial charge in [-0.1, -0.05) is 11.6 Å². The van der Waals surface area contributed by atoms with Gasteiger partial charge in [0, 0.05) is 15.7 Å². The Kier molecular flexibility index (Phi) is 4.59.